The lowest BCUT2D eigenvalue weighted by Crippen LogP contribution is -2.36. The molecule has 0 aromatic heterocycles. The fourth-order valence-corrected chi connectivity index (χ4v) is 3.00. The van der Waals surface area contributed by atoms with Crippen molar-refractivity contribution in [1.29, 1.82) is 0 Å². The number of guanidine groups is 1. The molecule has 2 N–H and O–H groups in total. The summed E-state index contributed by atoms with van der Waals surface area (Å²) in [7, 11) is 3.39. The second-order valence-corrected chi connectivity index (χ2v) is 6.34. The lowest BCUT2D eigenvalue weighted by molar-refractivity contribution is 0.414. The molecule has 0 bridgehead atoms. The minimum Gasteiger partial charge on any atom is -0.497 e. The summed E-state index contributed by atoms with van der Waals surface area (Å²) in [6.07, 6.45) is 2.01. The normalized spacial score (nSPS) is 10.8. The number of hydrogen-bond donors (Lipinski definition) is 2. The first-order chi connectivity index (χ1) is 12.2. The quantitative estimate of drug-likeness (QED) is 0.348. The molecule has 0 heterocycles. The van der Waals surface area contributed by atoms with Crippen LogP contribution in [0, 0.1) is 5.82 Å². The highest BCUT2D eigenvalue weighted by atomic mass is 127. The Bertz CT molecular complexity index is 728. The molecule has 2 rings (SSSR count). The van der Waals surface area contributed by atoms with E-state index in [9.17, 15) is 4.39 Å². The molecule has 0 radical (unpaired) electrons. The largest absolute Gasteiger partial charge is 0.497 e. The molecular weight excluding hydrogens is 464 g/mol. The topological polar surface area (TPSA) is 45.7 Å². The predicted octanol–water partition coefficient (Wildman–Crippen LogP) is 4.18. The standard InChI is InChI=1S/C19H24FN3OS.HI/c1-21-19(22-11-14-5-4-6-18(9-14)24-2)23-12-15-7-8-17(20)10-16(15)13-25-3;/h4-10H,11-13H2,1-3H3,(H2,21,22,23);1H. The Hall–Kier alpha value is -1.48. The van der Waals surface area contributed by atoms with E-state index in [1.54, 1.807) is 32.0 Å². The van der Waals surface area contributed by atoms with Crippen LogP contribution in [0.3, 0.4) is 0 Å². The summed E-state index contributed by atoms with van der Waals surface area (Å²) < 4.78 is 18.7. The average Bonchev–Trinajstić information content (AvgIpc) is 2.63. The second kappa shape index (κ2) is 12.0. The van der Waals surface area contributed by atoms with Gasteiger partial charge in [0.05, 0.1) is 7.11 Å². The van der Waals surface area contributed by atoms with Crippen LogP contribution in [0.4, 0.5) is 4.39 Å². The number of thioether (sulfide) groups is 1. The van der Waals surface area contributed by atoms with Crippen molar-refractivity contribution in [1.82, 2.24) is 10.6 Å². The highest BCUT2D eigenvalue weighted by Crippen LogP contribution is 2.16. The van der Waals surface area contributed by atoms with Crippen molar-refractivity contribution in [3.8, 4) is 5.75 Å². The van der Waals surface area contributed by atoms with Gasteiger partial charge >= 0.3 is 0 Å². The van der Waals surface area contributed by atoms with Crippen LogP contribution in [0.5, 0.6) is 5.75 Å². The number of nitrogens with zero attached hydrogens (tertiary/aromatic N) is 1. The van der Waals surface area contributed by atoms with Gasteiger partial charge < -0.3 is 15.4 Å². The number of halogens is 2. The van der Waals surface area contributed by atoms with E-state index in [0.29, 0.717) is 19.0 Å². The van der Waals surface area contributed by atoms with E-state index < -0.39 is 0 Å². The number of rotatable bonds is 7. The molecule has 0 unspecified atom stereocenters. The molecule has 142 valence electrons. The van der Waals surface area contributed by atoms with Crippen LogP contribution in [-0.2, 0) is 18.8 Å². The summed E-state index contributed by atoms with van der Waals surface area (Å²) in [6.45, 7) is 1.23. The van der Waals surface area contributed by atoms with Gasteiger partial charge in [0.25, 0.3) is 0 Å². The summed E-state index contributed by atoms with van der Waals surface area (Å²) in [4.78, 5) is 4.24. The van der Waals surface area contributed by atoms with Gasteiger partial charge in [-0.1, -0.05) is 18.2 Å². The molecule has 0 aliphatic carbocycles. The maximum Gasteiger partial charge on any atom is 0.191 e. The van der Waals surface area contributed by atoms with Crippen LogP contribution in [0.15, 0.2) is 47.5 Å². The van der Waals surface area contributed by atoms with Crippen molar-refractivity contribution in [3.63, 3.8) is 0 Å². The monoisotopic (exact) mass is 489 g/mol. The Balaban J connectivity index is 0.00000338. The van der Waals surface area contributed by atoms with E-state index >= 15 is 0 Å². The third-order valence-corrected chi connectivity index (χ3v) is 4.33. The van der Waals surface area contributed by atoms with Crippen LogP contribution in [0.2, 0.25) is 0 Å². The molecule has 26 heavy (non-hydrogen) atoms. The van der Waals surface area contributed by atoms with Gasteiger partial charge in [0, 0.05) is 25.9 Å². The van der Waals surface area contributed by atoms with Crippen molar-refractivity contribution in [2.24, 2.45) is 4.99 Å². The van der Waals surface area contributed by atoms with E-state index in [2.05, 4.69) is 15.6 Å². The van der Waals surface area contributed by atoms with Gasteiger partial charge in [0.15, 0.2) is 5.96 Å². The lowest BCUT2D eigenvalue weighted by Gasteiger charge is -2.14. The third-order valence-electron chi connectivity index (χ3n) is 3.73. The van der Waals surface area contributed by atoms with E-state index in [1.807, 2.05) is 36.6 Å². The smallest absolute Gasteiger partial charge is 0.191 e. The lowest BCUT2D eigenvalue weighted by atomic mass is 10.1. The van der Waals surface area contributed by atoms with Gasteiger partial charge in [-0.05, 0) is 47.2 Å². The van der Waals surface area contributed by atoms with Crippen molar-refractivity contribution in [2.45, 2.75) is 18.8 Å². The summed E-state index contributed by atoms with van der Waals surface area (Å²) in [6, 6.07) is 12.8. The molecule has 0 fully saturated rings. The van der Waals surface area contributed by atoms with Crippen LogP contribution in [0.25, 0.3) is 0 Å². The molecule has 0 amide bonds. The number of benzene rings is 2. The van der Waals surface area contributed by atoms with Gasteiger partial charge in [0.2, 0.25) is 0 Å². The Morgan fingerprint density at radius 2 is 1.88 bits per heavy atom. The summed E-state index contributed by atoms with van der Waals surface area (Å²) >= 11 is 1.68. The van der Waals surface area contributed by atoms with E-state index in [1.165, 1.54) is 6.07 Å². The zero-order chi connectivity index (χ0) is 18.1. The van der Waals surface area contributed by atoms with Crippen molar-refractivity contribution in [3.05, 3.63) is 65.0 Å². The number of aliphatic imine (C=N–C) groups is 1. The van der Waals surface area contributed by atoms with Crippen LogP contribution < -0.4 is 15.4 Å². The third kappa shape index (κ3) is 7.03. The fourth-order valence-electron chi connectivity index (χ4n) is 2.42. The van der Waals surface area contributed by atoms with Crippen LogP contribution in [-0.4, -0.2) is 26.4 Å². The Kier molecular flexibility index (Phi) is 10.4. The number of nitrogens with one attached hydrogen (secondary N) is 2. The summed E-state index contributed by atoms with van der Waals surface area (Å²) in [5, 5.41) is 6.55. The molecular formula is C19H25FIN3OS. The first-order valence-electron chi connectivity index (χ1n) is 8.00. The minimum atomic E-state index is -0.201. The van der Waals surface area contributed by atoms with E-state index in [0.717, 1.165) is 28.2 Å². The molecule has 0 aliphatic rings. The Morgan fingerprint density at radius 3 is 2.58 bits per heavy atom. The van der Waals surface area contributed by atoms with Gasteiger partial charge in [0.1, 0.15) is 11.6 Å². The average molecular weight is 489 g/mol. The van der Waals surface area contributed by atoms with Gasteiger partial charge in [-0.2, -0.15) is 11.8 Å². The Labute approximate surface area is 176 Å². The van der Waals surface area contributed by atoms with Gasteiger partial charge in [-0.3, -0.25) is 4.99 Å². The Morgan fingerprint density at radius 1 is 1.12 bits per heavy atom. The molecule has 4 nitrogen and oxygen atoms in total. The van der Waals surface area contributed by atoms with Gasteiger partial charge in [-0.15, -0.1) is 24.0 Å². The zero-order valence-corrected chi connectivity index (χ0v) is 18.4. The molecule has 0 spiro atoms. The van der Waals surface area contributed by atoms with Crippen molar-refractivity contribution >= 4 is 41.7 Å². The maximum atomic E-state index is 13.4. The maximum absolute atomic E-state index is 13.4. The highest BCUT2D eigenvalue weighted by Gasteiger charge is 2.06. The van der Waals surface area contributed by atoms with Crippen LogP contribution >= 0.6 is 35.7 Å². The fraction of sp³-hybridized carbons (Fsp3) is 0.316. The van der Waals surface area contributed by atoms with Gasteiger partial charge in [-0.25, -0.2) is 4.39 Å². The number of ether oxygens (including phenoxy) is 1. The zero-order valence-electron chi connectivity index (χ0n) is 15.2. The molecule has 0 atom stereocenters. The minimum absolute atomic E-state index is 0. The number of methoxy groups -OCH3 is 1. The molecule has 0 saturated heterocycles. The summed E-state index contributed by atoms with van der Waals surface area (Å²) in [5.41, 5.74) is 3.18. The van der Waals surface area contributed by atoms with Crippen LogP contribution in [0.1, 0.15) is 16.7 Å². The molecule has 2 aromatic carbocycles. The van der Waals surface area contributed by atoms with Crippen molar-refractivity contribution in [2.75, 3.05) is 20.4 Å². The van der Waals surface area contributed by atoms with Crippen molar-refractivity contribution < 1.29 is 9.13 Å². The predicted molar refractivity (Wildman–Crippen MR) is 119 cm³/mol. The van der Waals surface area contributed by atoms with E-state index in [4.69, 9.17) is 4.74 Å². The molecule has 2 aromatic rings. The first kappa shape index (κ1) is 22.6. The molecule has 0 saturated carbocycles. The second-order valence-electron chi connectivity index (χ2n) is 5.48. The first-order valence-corrected chi connectivity index (χ1v) is 9.39. The molecule has 0 aliphatic heterocycles. The SMILES string of the molecule is CN=C(NCc1cccc(OC)c1)NCc1ccc(F)cc1CSC.I. The van der Waals surface area contributed by atoms with E-state index in [-0.39, 0.29) is 29.8 Å². The summed E-state index contributed by atoms with van der Waals surface area (Å²) in [5.74, 6) is 2.11. The highest BCUT2D eigenvalue weighted by molar-refractivity contribution is 14.0. The molecule has 7 heteroatoms. The number of hydrogen-bond acceptors (Lipinski definition) is 3.